The van der Waals surface area contributed by atoms with Crippen molar-refractivity contribution >= 4 is 32.8 Å². The molecule has 78 valence electrons. The maximum atomic E-state index is 11.4. The Kier molecular flexibility index (Phi) is 2.52. The van der Waals surface area contributed by atoms with Crippen LogP contribution < -0.4 is 0 Å². The fraction of sp³-hybridized carbons (Fsp3) is 0.182. The van der Waals surface area contributed by atoms with E-state index in [1.165, 1.54) is 7.11 Å². The predicted molar refractivity (Wildman–Crippen MR) is 62.1 cm³/mol. The second-order valence-corrected chi connectivity index (χ2v) is 4.15. The van der Waals surface area contributed by atoms with Crippen LogP contribution in [0.4, 0.5) is 0 Å². The van der Waals surface area contributed by atoms with E-state index in [0.29, 0.717) is 5.69 Å². The van der Waals surface area contributed by atoms with Gasteiger partial charge in [-0.05, 0) is 35.0 Å². The third kappa shape index (κ3) is 1.65. The Labute approximate surface area is 95.6 Å². The van der Waals surface area contributed by atoms with Crippen LogP contribution in [0, 0.1) is 6.92 Å². The molecule has 0 atom stereocenters. The van der Waals surface area contributed by atoms with Crippen molar-refractivity contribution in [2.45, 2.75) is 6.92 Å². The van der Waals surface area contributed by atoms with E-state index in [1.807, 2.05) is 25.1 Å². The number of nitrogens with one attached hydrogen (secondary N) is 1. The van der Waals surface area contributed by atoms with Crippen molar-refractivity contribution in [2.24, 2.45) is 0 Å². The number of aromatic nitrogens is 1. The number of halogens is 1. The van der Waals surface area contributed by atoms with Gasteiger partial charge in [0.15, 0.2) is 0 Å². The zero-order chi connectivity index (χ0) is 11.0. The summed E-state index contributed by atoms with van der Waals surface area (Å²) in [6, 6.07) is 5.95. The Hall–Kier alpha value is -1.29. The largest absolute Gasteiger partial charge is 0.464 e. The van der Waals surface area contributed by atoms with Gasteiger partial charge in [0.05, 0.1) is 11.6 Å². The van der Waals surface area contributed by atoms with Gasteiger partial charge in [0.25, 0.3) is 0 Å². The summed E-state index contributed by atoms with van der Waals surface area (Å²) in [5.41, 5.74) is 2.53. The molecule has 0 spiro atoms. The molecule has 15 heavy (non-hydrogen) atoms. The number of aromatic amines is 1. The molecule has 1 aromatic heterocycles. The van der Waals surface area contributed by atoms with Crippen LogP contribution in [0.5, 0.6) is 0 Å². The fourth-order valence-corrected chi connectivity index (χ4v) is 2.10. The molecular weight excluding hydrogens is 258 g/mol. The van der Waals surface area contributed by atoms with E-state index < -0.39 is 0 Å². The summed E-state index contributed by atoms with van der Waals surface area (Å²) < 4.78 is 5.43. The van der Waals surface area contributed by atoms with Crippen molar-refractivity contribution in [1.82, 2.24) is 4.98 Å². The molecule has 1 N–H and O–H groups in total. The summed E-state index contributed by atoms with van der Waals surface area (Å²) >= 11 is 3.40. The molecule has 2 aromatic rings. The van der Waals surface area contributed by atoms with Crippen LogP contribution in [-0.4, -0.2) is 18.1 Å². The lowest BCUT2D eigenvalue weighted by Crippen LogP contribution is -2.01. The SMILES string of the molecule is COC(=O)c1[nH]c2ccc(C)cc2c1Br. The topological polar surface area (TPSA) is 42.1 Å². The van der Waals surface area contributed by atoms with Gasteiger partial charge >= 0.3 is 5.97 Å². The number of fused-ring (bicyclic) bond motifs is 1. The van der Waals surface area contributed by atoms with Crippen LogP contribution in [0.1, 0.15) is 16.1 Å². The van der Waals surface area contributed by atoms with E-state index in [1.54, 1.807) is 0 Å². The van der Waals surface area contributed by atoms with Crippen LogP contribution in [-0.2, 0) is 4.74 Å². The van der Waals surface area contributed by atoms with Crippen LogP contribution in [0.3, 0.4) is 0 Å². The van der Waals surface area contributed by atoms with E-state index in [0.717, 1.165) is 20.9 Å². The zero-order valence-corrected chi connectivity index (χ0v) is 10.0. The minimum atomic E-state index is -0.365. The lowest BCUT2D eigenvalue weighted by atomic mass is 10.2. The highest BCUT2D eigenvalue weighted by molar-refractivity contribution is 9.10. The minimum absolute atomic E-state index is 0.365. The smallest absolute Gasteiger partial charge is 0.355 e. The lowest BCUT2D eigenvalue weighted by Gasteiger charge is -1.95. The Morgan fingerprint density at radius 1 is 1.47 bits per heavy atom. The van der Waals surface area contributed by atoms with Gasteiger partial charge in [0.2, 0.25) is 0 Å². The number of hydrogen-bond acceptors (Lipinski definition) is 2. The van der Waals surface area contributed by atoms with Crippen molar-refractivity contribution in [3.8, 4) is 0 Å². The fourth-order valence-electron chi connectivity index (χ4n) is 1.52. The highest BCUT2D eigenvalue weighted by Gasteiger charge is 2.15. The third-order valence-electron chi connectivity index (χ3n) is 2.28. The van der Waals surface area contributed by atoms with Crippen molar-refractivity contribution < 1.29 is 9.53 Å². The molecular formula is C11H10BrNO2. The molecule has 0 saturated carbocycles. The van der Waals surface area contributed by atoms with Crippen molar-refractivity contribution in [3.05, 3.63) is 33.9 Å². The van der Waals surface area contributed by atoms with Crippen molar-refractivity contribution in [1.29, 1.82) is 0 Å². The Morgan fingerprint density at radius 2 is 2.20 bits per heavy atom. The number of H-pyrrole nitrogens is 1. The molecule has 0 aliphatic rings. The van der Waals surface area contributed by atoms with Gasteiger partial charge in [0.1, 0.15) is 5.69 Å². The number of carbonyl (C=O) groups excluding carboxylic acids is 1. The van der Waals surface area contributed by atoms with Gasteiger partial charge in [-0.1, -0.05) is 11.6 Å². The van der Waals surface area contributed by atoms with Crippen LogP contribution in [0.25, 0.3) is 10.9 Å². The second-order valence-electron chi connectivity index (χ2n) is 3.35. The van der Waals surface area contributed by atoms with Gasteiger partial charge in [-0.3, -0.25) is 0 Å². The molecule has 1 aromatic carbocycles. The lowest BCUT2D eigenvalue weighted by molar-refractivity contribution is 0.0594. The van der Waals surface area contributed by atoms with E-state index in [4.69, 9.17) is 0 Å². The molecule has 0 unspecified atom stereocenters. The quantitative estimate of drug-likeness (QED) is 0.808. The van der Waals surface area contributed by atoms with Gasteiger partial charge in [0, 0.05) is 10.9 Å². The number of carbonyl (C=O) groups is 1. The van der Waals surface area contributed by atoms with Crippen molar-refractivity contribution in [3.63, 3.8) is 0 Å². The maximum Gasteiger partial charge on any atom is 0.355 e. The average molecular weight is 268 g/mol. The minimum Gasteiger partial charge on any atom is -0.464 e. The summed E-state index contributed by atoms with van der Waals surface area (Å²) in [4.78, 5) is 14.4. The van der Waals surface area contributed by atoms with E-state index >= 15 is 0 Å². The first kappa shape index (κ1) is 10.2. The number of esters is 1. The number of rotatable bonds is 1. The Balaban J connectivity index is 2.69. The molecule has 0 bridgehead atoms. The van der Waals surface area contributed by atoms with Gasteiger partial charge in [-0.25, -0.2) is 4.79 Å². The van der Waals surface area contributed by atoms with E-state index in [2.05, 4.69) is 25.7 Å². The molecule has 1 heterocycles. The zero-order valence-electron chi connectivity index (χ0n) is 8.43. The van der Waals surface area contributed by atoms with Gasteiger partial charge in [-0.2, -0.15) is 0 Å². The highest BCUT2D eigenvalue weighted by atomic mass is 79.9. The molecule has 0 radical (unpaired) electrons. The van der Waals surface area contributed by atoms with Crippen LogP contribution in [0.2, 0.25) is 0 Å². The molecule has 0 aliphatic carbocycles. The molecule has 0 amide bonds. The standard InChI is InChI=1S/C11H10BrNO2/c1-6-3-4-8-7(5-6)9(12)10(13-8)11(14)15-2/h3-5,13H,1-2H3. The number of hydrogen-bond donors (Lipinski definition) is 1. The summed E-state index contributed by atoms with van der Waals surface area (Å²) in [7, 11) is 1.37. The molecule has 0 saturated heterocycles. The average Bonchev–Trinajstić information content (AvgIpc) is 2.55. The van der Waals surface area contributed by atoms with Gasteiger partial charge in [-0.15, -0.1) is 0 Å². The summed E-state index contributed by atoms with van der Waals surface area (Å²) in [6.45, 7) is 2.01. The summed E-state index contributed by atoms with van der Waals surface area (Å²) in [5, 5.41) is 0.996. The molecule has 2 rings (SSSR count). The monoisotopic (exact) mass is 267 g/mol. The summed E-state index contributed by atoms with van der Waals surface area (Å²) in [5.74, 6) is -0.365. The third-order valence-corrected chi connectivity index (χ3v) is 3.10. The predicted octanol–water partition coefficient (Wildman–Crippen LogP) is 3.03. The van der Waals surface area contributed by atoms with E-state index in [9.17, 15) is 4.79 Å². The second kappa shape index (κ2) is 3.70. The molecule has 3 nitrogen and oxygen atoms in total. The Bertz CT molecular complexity index is 531. The normalized spacial score (nSPS) is 10.6. The first-order chi connectivity index (χ1) is 7.13. The number of methoxy groups -OCH3 is 1. The van der Waals surface area contributed by atoms with Crippen molar-refractivity contribution in [2.75, 3.05) is 7.11 Å². The number of ether oxygens (including phenoxy) is 1. The first-order valence-electron chi connectivity index (χ1n) is 4.49. The van der Waals surface area contributed by atoms with Gasteiger partial charge < -0.3 is 9.72 Å². The number of aryl methyl sites for hydroxylation is 1. The van der Waals surface area contributed by atoms with E-state index in [-0.39, 0.29) is 5.97 Å². The van der Waals surface area contributed by atoms with Crippen LogP contribution >= 0.6 is 15.9 Å². The molecule has 0 fully saturated rings. The molecule has 4 heteroatoms. The summed E-state index contributed by atoms with van der Waals surface area (Å²) in [6.07, 6.45) is 0. The Morgan fingerprint density at radius 3 is 2.87 bits per heavy atom. The maximum absolute atomic E-state index is 11.4. The first-order valence-corrected chi connectivity index (χ1v) is 5.29. The van der Waals surface area contributed by atoms with Crippen LogP contribution in [0.15, 0.2) is 22.7 Å². The highest BCUT2D eigenvalue weighted by Crippen LogP contribution is 2.28. The molecule has 0 aliphatic heterocycles. The number of benzene rings is 1.